The molecule has 4 heteroatoms. The highest BCUT2D eigenvalue weighted by atomic mass is 16.1. The first-order chi connectivity index (χ1) is 7.83. The van der Waals surface area contributed by atoms with Gasteiger partial charge in [0.05, 0.1) is 23.3 Å². The van der Waals surface area contributed by atoms with E-state index in [-0.39, 0.29) is 5.56 Å². The molecule has 0 bridgehead atoms. The van der Waals surface area contributed by atoms with Crippen LogP contribution in [-0.4, -0.2) is 9.55 Å². The monoisotopic (exact) mass is 213 g/mol. The SMILES string of the molecule is N#CCCCn1cnc2ccccc2c1=O. The first kappa shape index (κ1) is 10.4. The molecule has 0 aliphatic rings. The molecule has 0 radical (unpaired) electrons. The van der Waals surface area contributed by atoms with Crippen molar-refractivity contribution in [1.29, 1.82) is 5.26 Å². The number of aromatic nitrogens is 2. The molecule has 4 nitrogen and oxygen atoms in total. The van der Waals surface area contributed by atoms with Crippen molar-refractivity contribution in [3.63, 3.8) is 0 Å². The molecule has 16 heavy (non-hydrogen) atoms. The summed E-state index contributed by atoms with van der Waals surface area (Å²) in [6.07, 6.45) is 2.68. The Morgan fingerprint density at radius 3 is 3.00 bits per heavy atom. The molecule has 1 aromatic carbocycles. The van der Waals surface area contributed by atoms with Gasteiger partial charge < -0.3 is 0 Å². The minimum absolute atomic E-state index is 0.0384. The van der Waals surface area contributed by atoms with Crippen molar-refractivity contribution >= 4 is 10.9 Å². The molecule has 0 atom stereocenters. The molecule has 2 aromatic rings. The van der Waals surface area contributed by atoms with Gasteiger partial charge in [0.25, 0.3) is 5.56 Å². The predicted molar refractivity (Wildman–Crippen MR) is 60.9 cm³/mol. The van der Waals surface area contributed by atoms with Gasteiger partial charge >= 0.3 is 0 Å². The van der Waals surface area contributed by atoms with Crippen molar-refractivity contribution in [2.24, 2.45) is 0 Å². The van der Waals surface area contributed by atoms with Gasteiger partial charge in [0.2, 0.25) is 0 Å². The minimum atomic E-state index is -0.0384. The number of benzene rings is 1. The standard InChI is InChI=1S/C12H11N3O/c13-7-3-4-8-15-9-14-11-6-2-1-5-10(11)12(15)16/h1-2,5-6,9H,3-4,8H2. The van der Waals surface area contributed by atoms with Gasteiger partial charge in [0.15, 0.2) is 0 Å². The Labute approximate surface area is 92.8 Å². The molecular formula is C12H11N3O. The fourth-order valence-corrected chi connectivity index (χ4v) is 1.59. The lowest BCUT2D eigenvalue weighted by molar-refractivity contribution is 0.626. The maximum Gasteiger partial charge on any atom is 0.261 e. The molecule has 0 N–H and O–H groups in total. The third kappa shape index (κ3) is 1.94. The lowest BCUT2D eigenvalue weighted by Gasteiger charge is -2.04. The highest BCUT2D eigenvalue weighted by Crippen LogP contribution is 2.04. The normalized spacial score (nSPS) is 10.2. The van der Waals surface area contributed by atoms with Crippen LogP contribution in [0.1, 0.15) is 12.8 Å². The first-order valence-electron chi connectivity index (χ1n) is 5.14. The molecule has 0 amide bonds. The summed E-state index contributed by atoms with van der Waals surface area (Å²) in [5.74, 6) is 0. The summed E-state index contributed by atoms with van der Waals surface area (Å²) < 4.78 is 1.56. The molecule has 1 heterocycles. The molecule has 0 aliphatic carbocycles. The zero-order valence-corrected chi connectivity index (χ0v) is 8.76. The molecule has 0 fully saturated rings. The zero-order chi connectivity index (χ0) is 11.4. The van der Waals surface area contributed by atoms with E-state index >= 15 is 0 Å². The fourth-order valence-electron chi connectivity index (χ4n) is 1.59. The summed E-state index contributed by atoms with van der Waals surface area (Å²) in [6, 6.07) is 9.32. The van der Waals surface area contributed by atoms with Crippen LogP contribution in [0.25, 0.3) is 10.9 Å². The number of nitriles is 1. The Balaban J connectivity index is 2.38. The molecule has 0 saturated heterocycles. The average molecular weight is 213 g/mol. The van der Waals surface area contributed by atoms with E-state index < -0.39 is 0 Å². The summed E-state index contributed by atoms with van der Waals surface area (Å²) >= 11 is 0. The van der Waals surface area contributed by atoms with Crippen LogP contribution >= 0.6 is 0 Å². The maximum absolute atomic E-state index is 12.0. The molecule has 80 valence electrons. The second-order valence-electron chi connectivity index (χ2n) is 3.52. The Hall–Kier alpha value is -2.15. The lowest BCUT2D eigenvalue weighted by atomic mass is 10.2. The number of para-hydroxylation sites is 1. The van der Waals surface area contributed by atoms with Crippen molar-refractivity contribution < 1.29 is 0 Å². The largest absolute Gasteiger partial charge is 0.299 e. The number of nitrogens with zero attached hydrogens (tertiary/aromatic N) is 3. The number of rotatable bonds is 3. The number of hydrogen-bond acceptors (Lipinski definition) is 3. The van der Waals surface area contributed by atoms with Crippen molar-refractivity contribution in [3.8, 4) is 6.07 Å². The van der Waals surface area contributed by atoms with Gasteiger partial charge in [-0.15, -0.1) is 0 Å². The Morgan fingerprint density at radius 1 is 1.38 bits per heavy atom. The first-order valence-corrected chi connectivity index (χ1v) is 5.14. The van der Waals surface area contributed by atoms with Crippen molar-refractivity contribution in [2.75, 3.05) is 0 Å². The fraction of sp³-hybridized carbons (Fsp3) is 0.250. The van der Waals surface area contributed by atoms with Gasteiger partial charge in [-0.1, -0.05) is 12.1 Å². The number of unbranched alkanes of at least 4 members (excludes halogenated alkanes) is 1. The molecule has 1 aromatic heterocycles. The Kier molecular flexibility index (Phi) is 2.97. The Bertz CT molecular complexity index is 595. The van der Waals surface area contributed by atoms with Gasteiger partial charge in [0, 0.05) is 13.0 Å². The van der Waals surface area contributed by atoms with Crippen molar-refractivity contribution in [1.82, 2.24) is 9.55 Å². The highest BCUT2D eigenvalue weighted by Gasteiger charge is 2.02. The molecule has 2 rings (SSSR count). The van der Waals surface area contributed by atoms with Crippen LogP contribution in [0.5, 0.6) is 0 Å². The average Bonchev–Trinajstić information content (AvgIpc) is 2.33. The molecule has 0 spiro atoms. The summed E-state index contributed by atoms with van der Waals surface area (Å²) in [5, 5.41) is 9.06. The van der Waals surface area contributed by atoms with Crippen molar-refractivity contribution in [3.05, 3.63) is 40.9 Å². The van der Waals surface area contributed by atoms with Gasteiger partial charge in [-0.2, -0.15) is 5.26 Å². The summed E-state index contributed by atoms with van der Waals surface area (Å²) in [5.41, 5.74) is 0.674. The Morgan fingerprint density at radius 2 is 2.19 bits per heavy atom. The topological polar surface area (TPSA) is 58.7 Å². The van der Waals surface area contributed by atoms with Crippen molar-refractivity contribution in [2.45, 2.75) is 19.4 Å². The van der Waals surface area contributed by atoms with Gasteiger partial charge in [-0.25, -0.2) is 4.98 Å². The van der Waals surface area contributed by atoms with E-state index in [1.54, 1.807) is 17.0 Å². The second-order valence-corrected chi connectivity index (χ2v) is 3.52. The summed E-state index contributed by atoms with van der Waals surface area (Å²) in [7, 11) is 0. The third-order valence-electron chi connectivity index (χ3n) is 2.42. The smallest absolute Gasteiger partial charge is 0.261 e. The quantitative estimate of drug-likeness (QED) is 0.729. The van der Waals surface area contributed by atoms with Gasteiger partial charge in [-0.05, 0) is 18.6 Å². The molecule has 0 unspecified atom stereocenters. The van der Waals surface area contributed by atoms with Crippen LogP contribution in [0.2, 0.25) is 0 Å². The predicted octanol–water partition coefficient (Wildman–Crippen LogP) is 1.70. The summed E-state index contributed by atoms with van der Waals surface area (Å²) in [6.45, 7) is 0.546. The maximum atomic E-state index is 12.0. The van der Waals surface area contributed by atoms with Crippen LogP contribution in [0.15, 0.2) is 35.4 Å². The third-order valence-corrected chi connectivity index (χ3v) is 2.42. The van der Waals surface area contributed by atoms with E-state index in [1.807, 2.05) is 18.2 Å². The van der Waals surface area contributed by atoms with Crippen LogP contribution in [-0.2, 0) is 6.54 Å². The van der Waals surface area contributed by atoms with E-state index in [9.17, 15) is 4.79 Å². The van der Waals surface area contributed by atoms with Crippen LogP contribution in [0.3, 0.4) is 0 Å². The zero-order valence-electron chi connectivity index (χ0n) is 8.76. The van der Waals surface area contributed by atoms with Gasteiger partial charge in [-0.3, -0.25) is 9.36 Å². The molecule has 0 aliphatic heterocycles. The van der Waals surface area contributed by atoms with Crippen LogP contribution < -0.4 is 5.56 Å². The van der Waals surface area contributed by atoms with E-state index in [0.717, 1.165) is 0 Å². The second kappa shape index (κ2) is 4.58. The van der Waals surface area contributed by atoms with Crippen LogP contribution in [0.4, 0.5) is 0 Å². The highest BCUT2D eigenvalue weighted by molar-refractivity contribution is 5.76. The number of aryl methyl sites for hydroxylation is 1. The molecular weight excluding hydrogens is 202 g/mol. The van der Waals surface area contributed by atoms with E-state index in [1.165, 1.54) is 0 Å². The summed E-state index contributed by atoms with van der Waals surface area (Å²) in [4.78, 5) is 16.2. The van der Waals surface area contributed by atoms with Crippen LogP contribution in [0, 0.1) is 11.3 Å². The molecule has 0 saturated carbocycles. The van der Waals surface area contributed by atoms with E-state index in [2.05, 4.69) is 11.1 Å². The minimum Gasteiger partial charge on any atom is -0.299 e. The van der Waals surface area contributed by atoms with E-state index in [4.69, 9.17) is 5.26 Å². The number of hydrogen-bond donors (Lipinski definition) is 0. The lowest BCUT2D eigenvalue weighted by Crippen LogP contribution is -2.20. The van der Waals surface area contributed by atoms with E-state index in [0.29, 0.717) is 30.3 Å². The van der Waals surface area contributed by atoms with Gasteiger partial charge in [0.1, 0.15) is 0 Å². The number of fused-ring (bicyclic) bond motifs is 1.